The van der Waals surface area contributed by atoms with Crippen molar-refractivity contribution in [2.75, 3.05) is 33.2 Å². The summed E-state index contributed by atoms with van der Waals surface area (Å²) in [4.78, 5) is 41.1. The van der Waals surface area contributed by atoms with E-state index < -0.39 is 5.43 Å². The number of piperidine rings is 1. The van der Waals surface area contributed by atoms with Crippen molar-refractivity contribution in [2.45, 2.75) is 64.8 Å². The second kappa shape index (κ2) is 10.9. The Morgan fingerprint density at radius 3 is 2.29 bits per heavy atom. The van der Waals surface area contributed by atoms with E-state index in [0.717, 1.165) is 58.0 Å². The van der Waals surface area contributed by atoms with Gasteiger partial charge in [0.15, 0.2) is 0 Å². The molecule has 7 nitrogen and oxygen atoms in total. The van der Waals surface area contributed by atoms with E-state index >= 15 is 0 Å². The number of rotatable bonds is 8. The second-order valence-corrected chi connectivity index (χ2v) is 9.72. The monoisotopic (exact) mass is 430 g/mol. The molecule has 0 bridgehead atoms. The molecule has 7 heteroatoms. The average molecular weight is 431 g/mol. The molecule has 2 heterocycles. The number of carbonyl (C=O) groups excluding carboxylic acids is 2. The summed E-state index contributed by atoms with van der Waals surface area (Å²) >= 11 is 0. The first-order chi connectivity index (χ1) is 14.8. The molecule has 0 unspecified atom stereocenters. The number of amides is 2. The number of hydrogen-bond acceptors (Lipinski definition) is 4. The molecule has 3 rings (SSSR count). The van der Waals surface area contributed by atoms with Crippen molar-refractivity contribution in [1.82, 2.24) is 20.1 Å². The van der Waals surface area contributed by atoms with Gasteiger partial charge in [-0.25, -0.2) is 0 Å². The quantitative estimate of drug-likeness (QED) is 0.664. The highest BCUT2D eigenvalue weighted by Crippen LogP contribution is 2.29. The van der Waals surface area contributed by atoms with Gasteiger partial charge < -0.3 is 20.1 Å². The molecule has 1 aromatic rings. The molecule has 1 aliphatic carbocycles. The zero-order valence-corrected chi connectivity index (χ0v) is 19.3. The Morgan fingerprint density at radius 1 is 1.03 bits per heavy atom. The summed E-state index contributed by atoms with van der Waals surface area (Å²) in [6, 6.07) is 0.237. The van der Waals surface area contributed by atoms with Gasteiger partial charge >= 0.3 is 0 Å². The summed E-state index contributed by atoms with van der Waals surface area (Å²) in [5, 5.41) is 5.82. The number of nitrogens with one attached hydrogen (secondary N) is 2. The number of hydrogen-bond donors (Lipinski definition) is 2. The first kappa shape index (κ1) is 23.5. The minimum Gasteiger partial charge on any atom is -0.352 e. The van der Waals surface area contributed by atoms with Crippen molar-refractivity contribution >= 4 is 11.8 Å². The lowest BCUT2D eigenvalue weighted by Gasteiger charge is -2.29. The highest BCUT2D eigenvalue weighted by atomic mass is 16.2. The normalized spacial score (nSPS) is 20.2. The van der Waals surface area contributed by atoms with Crippen LogP contribution < -0.4 is 16.1 Å². The number of aromatic nitrogens is 1. The van der Waals surface area contributed by atoms with Crippen LogP contribution in [0.3, 0.4) is 0 Å². The van der Waals surface area contributed by atoms with Gasteiger partial charge in [-0.15, -0.1) is 0 Å². The number of pyridine rings is 1. The summed E-state index contributed by atoms with van der Waals surface area (Å²) in [5.74, 6) is 0.0939. The third-order valence-corrected chi connectivity index (χ3v) is 6.56. The van der Waals surface area contributed by atoms with Gasteiger partial charge in [-0.1, -0.05) is 26.7 Å². The molecular formula is C24H38N4O3. The van der Waals surface area contributed by atoms with E-state index in [0.29, 0.717) is 24.9 Å². The Balaban J connectivity index is 1.78. The fourth-order valence-corrected chi connectivity index (χ4v) is 4.68. The van der Waals surface area contributed by atoms with Crippen LogP contribution in [0.1, 0.15) is 85.6 Å². The van der Waals surface area contributed by atoms with E-state index in [1.54, 1.807) is 12.4 Å². The summed E-state index contributed by atoms with van der Waals surface area (Å²) in [6.07, 6.45) is 10.6. The molecule has 2 aliphatic rings. The number of likely N-dealkylation sites (tertiary alicyclic amines) is 1. The molecule has 0 spiro atoms. The van der Waals surface area contributed by atoms with Gasteiger partial charge in [0, 0.05) is 38.1 Å². The molecule has 1 aromatic heterocycles. The van der Waals surface area contributed by atoms with Crippen LogP contribution in [-0.4, -0.2) is 54.5 Å². The van der Waals surface area contributed by atoms with E-state index in [-0.39, 0.29) is 29.0 Å². The zero-order valence-electron chi connectivity index (χ0n) is 19.3. The molecular weight excluding hydrogens is 392 g/mol. The van der Waals surface area contributed by atoms with Crippen molar-refractivity contribution in [3.05, 3.63) is 33.7 Å². The summed E-state index contributed by atoms with van der Waals surface area (Å²) in [7, 11) is 2.09. The highest BCUT2D eigenvalue weighted by molar-refractivity contribution is 5.99. The SMILES string of the molecule is CC(C)CCNC(=O)c1cn(C2CCCC2)cc(C(=O)NC[C@@H]2CCCN(C)C2)c1=O. The number of nitrogens with zero attached hydrogens (tertiary/aromatic N) is 2. The van der Waals surface area contributed by atoms with E-state index in [1.165, 1.54) is 0 Å². The van der Waals surface area contributed by atoms with E-state index in [4.69, 9.17) is 0 Å². The van der Waals surface area contributed by atoms with Crippen LogP contribution in [0.5, 0.6) is 0 Å². The first-order valence-electron chi connectivity index (χ1n) is 11.9. The van der Waals surface area contributed by atoms with E-state index in [9.17, 15) is 14.4 Å². The third-order valence-electron chi connectivity index (χ3n) is 6.56. The lowest BCUT2D eigenvalue weighted by molar-refractivity contribution is 0.0934. The maximum absolute atomic E-state index is 13.1. The molecule has 1 saturated carbocycles. The van der Waals surface area contributed by atoms with Gasteiger partial charge in [0.2, 0.25) is 5.43 Å². The van der Waals surface area contributed by atoms with E-state index in [2.05, 4.69) is 36.4 Å². The Kier molecular flexibility index (Phi) is 8.29. The molecule has 172 valence electrons. The fraction of sp³-hybridized carbons (Fsp3) is 0.708. The Morgan fingerprint density at radius 2 is 1.68 bits per heavy atom. The van der Waals surface area contributed by atoms with Crippen LogP contribution in [0.15, 0.2) is 17.2 Å². The van der Waals surface area contributed by atoms with Gasteiger partial charge in [-0.3, -0.25) is 14.4 Å². The van der Waals surface area contributed by atoms with Gasteiger partial charge in [-0.2, -0.15) is 0 Å². The molecule has 1 saturated heterocycles. The molecule has 0 aromatic carbocycles. The van der Waals surface area contributed by atoms with Crippen LogP contribution in [0, 0.1) is 11.8 Å². The summed E-state index contributed by atoms with van der Waals surface area (Å²) in [6.45, 7) is 7.29. The largest absolute Gasteiger partial charge is 0.352 e. The zero-order chi connectivity index (χ0) is 22.4. The smallest absolute Gasteiger partial charge is 0.256 e. The van der Waals surface area contributed by atoms with Crippen molar-refractivity contribution in [1.29, 1.82) is 0 Å². The standard InChI is InChI=1S/C24H38N4O3/c1-17(2)10-11-25-23(30)20-15-28(19-8-4-5-9-19)16-21(22(20)29)24(31)26-13-18-7-6-12-27(3)14-18/h15-19H,4-14H2,1-3H3,(H,25,30)(H,26,31)/t18-/m0/s1. The predicted molar refractivity (Wildman–Crippen MR) is 123 cm³/mol. The van der Waals surface area contributed by atoms with Crippen molar-refractivity contribution < 1.29 is 9.59 Å². The molecule has 2 fully saturated rings. The molecule has 2 N–H and O–H groups in total. The topological polar surface area (TPSA) is 83.4 Å². The summed E-state index contributed by atoms with van der Waals surface area (Å²) < 4.78 is 1.93. The average Bonchev–Trinajstić information content (AvgIpc) is 3.27. The lowest BCUT2D eigenvalue weighted by atomic mass is 9.98. The van der Waals surface area contributed by atoms with Gasteiger partial charge in [0.25, 0.3) is 11.8 Å². The minimum absolute atomic E-state index is 0.0701. The van der Waals surface area contributed by atoms with Crippen LogP contribution >= 0.6 is 0 Å². The van der Waals surface area contributed by atoms with Gasteiger partial charge in [0.1, 0.15) is 11.1 Å². The Hall–Kier alpha value is -2.15. The van der Waals surface area contributed by atoms with Gasteiger partial charge in [-0.05, 0) is 57.5 Å². The maximum atomic E-state index is 13.1. The molecule has 1 atom stereocenters. The number of carbonyl (C=O) groups is 2. The van der Waals surface area contributed by atoms with Crippen LogP contribution in [0.4, 0.5) is 0 Å². The third kappa shape index (κ3) is 6.42. The Labute approximate surface area is 185 Å². The minimum atomic E-state index is -0.477. The van der Waals surface area contributed by atoms with Crippen LogP contribution in [-0.2, 0) is 0 Å². The van der Waals surface area contributed by atoms with Crippen molar-refractivity contribution in [3.63, 3.8) is 0 Å². The molecule has 31 heavy (non-hydrogen) atoms. The van der Waals surface area contributed by atoms with Crippen molar-refractivity contribution in [2.24, 2.45) is 11.8 Å². The Bertz CT molecular complexity index is 827. The van der Waals surface area contributed by atoms with E-state index in [1.807, 2.05) is 4.57 Å². The fourth-order valence-electron chi connectivity index (χ4n) is 4.68. The molecule has 0 radical (unpaired) electrons. The maximum Gasteiger partial charge on any atom is 0.256 e. The van der Waals surface area contributed by atoms with Crippen LogP contribution in [0.2, 0.25) is 0 Å². The second-order valence-electron chi connectivity index (χ2n) is 9.72. The summed E-state index contributed by atoms with van der Waals surface area (Å²) in [5.41, 5.74) is -0.331. The highest BCUT2D eigenvalue weighted by Gasteiger charge is 2.24. The van der Waals surface area contributed by atoms with Crippen molar-refractivity contribution in [3.8, 4) is 0 Å². The molecule has 1 aliphatic heterocycles. The van der Waals surface area contributed by atoms with Crippen LogP contribution in [0.25, 0.3) is 0 Å². The lowest BCUT2D eigenvalue weighted by Crippen LogP contribution is -2.41. The predicted octanol–water partition coefficient (Wildman–Crippen LogP) is 2.81. The molecule has 2 amide bonds. The van der Waals surface area contributed by atoms with Gasteiger partial charge in [0.05, 0.1) is 0 Å². The first-order valence-corrected chi connectivity index (χ1v) is 11.9.